The van der Waals surface area contributed by atoms with Crippen molar-refractivity contribution in [3.8, 4) is 5.75 Å². The molecule has 0 unspecified atom stereocenters. The summed E-state index contributed by atoms with van der Waals surface area (Å²) in [5.41, 5.74) is 5.66. The second-order valence-electron chi connectivity index (χ2n) is 7.43. The minimum atomic E-state index is -3.51. The first-order chi connectivity index (χ1) is 13.5. The molecule has 0 saturated heterocycles. The van der Waals surface area contributed by atoms with Gasteiger partial charge in [-0.1, -0.05) is 6.07 Å². The summed E-state index contributed by atoms with van der Waals surface area (Å²) >= 11 is 0. The lowest BCUT2D eigenvalue weighted by atomic mass is 9.92. The number of aromatic nitrogens is 1. The zero-order valence-corrected chi connectivity index (χ0v) is 17.2. The summed E-state index contributed by atoms with van der Waals surface area (Å²) in [5.74, 6) is 0.794. The van der Waals surface area contributed by atoms with Crippen LogP contribution in [0.1, 0.15) is 35.2 Å². The van der Waals surface area contributed by atoms with Gasteiger partial charge in [-0.25, -0.2) is 13.1 Å². The molecule has 0 saturated carbocycles. The molecule has 0 aliphatic heterocycles. The molecule has 4 rings (SSSR count). The molecule has 0 fully saturated rings. The first kappa shape index (κ1) is 19.0. The Morgan fingerprint density at radius 1 is 1.07 bits per heavy atom. The van der Waals surface area contributed by atoms with Gasteiger partial charge in [0.25, 0.3) is 0 Å². The molecule has 0 atom stereocenters. The molecular weight excluding hydrogens is 372 g/mol. The zero-order valence-electron chi connectivity index (χ0n) is 16.3. The van der Waals surface area contributed by atoms with E-state index in [9.17, 15) is 8.42 Å². The van der Waals surface area contributed by atoms with Gasteiger partial charge < -0.3 is 9.72 Å². The maximum absolute atomic E-state index is 12.8. The van der Waals surface area contributed by atoms with Gasteiger partial charge in [-0.05, 0) is 86.1 Å². The van der Waals surface area contributed by atoms with Crippen LogP contribution in [0.5, 0.6) is 5.75 Å². The van der Waals surface area contributed by atoms with Crippen molar-refractivity contribution in [2.24, 2.45) is 0 Å². The van der Waals surface area contributed by atoms with Crippen molar-refractivity contribution in [3.05, 3.63) is 58.8 Å². The molecule has 2 N–H and O–H groups in total. The van der Waals surface area contributed by atoms with Crippen molar-refractivity contribution in [3.63, 3.8) is 0 Å². The quantitative estimate of drug-likeness (QED) is 0.662. The van der Waals surface area contributed by atoms with E-state index < -0.39 is 10.0 Å². The summed E-state index contributed by atoms with van der Waals surface area (Å²) in [6.45, 7) is 2.37. The standard InChI is InChI=1S/C22H26N2O3S/c1-15-20(21-14-18(27-2)8-10-22(21)24-15)11-12-23-28(25,26)19-9-7-16-5-3-4-6-17(16)13-19/h7-10,13-14,23-24H,3-6,11-12H2,1-2H3. The fourth-order valence-corrected chi connectivity index (χ4v) is 5.16. The number of H-pyrrole nitrogens is 1. The molecule has 28 heavy (non-hydrogen) atoms. The van der Waals surface area contributed by atoms with Gasteiger partial charge in [0.15, 0.2) is 0 Å². The number of sulfonamides is 1. The highest BCUT2D eigenvalue weighted by atomic mass is 32.2. The molecule has 3 aromatic rings. The molecule has 0 spiro atoms. The van der Waals surface area contributed by atoms with Crippen molar-refractivity contribution in [2.45, 2.75) is 43.9 Å². The third-order valence-electron chi connectivity index (χ3n) is 5.62. The number of benzene rings is 2. The number of methoxy groups -OCH3 is 1. The molecule has 0 amide bonds. The molecule has 6 heteroatoms. The van der Waals surface area contributed by atoms with Crippen molar-refractivity contribution in [1.82, 2.24) is 9.71 Å². The zero-order chi connectivity index (χ0) is 19.7. The van der Waals surface area contributed by atoms with E-state index in [-0.39, 0.29) is 0 Å². The number of aromatic amines is 1. The summed E-state index contributed by atoms with van der Waals surface area (Å²) in [5, 5.41) is 1.07. The lowest BCUT2D eigenvalue weighted by molar-refractivity contribution is 0.415. The molecular formula is C22H26N2O3S. The molecule has 0 radical (unpaired) electrons. The van der Waals surface area contributed by atoms with Crippen LogP contribution >= 0.6 is 0 Å². The molecule has 0 bridgehead atoms. The summed E-state index contributed by atoms with van der Waals surface area (Å²) in [4.78, 5) is 3.73. The molecule has 148 valence electrons. The van der Waals surface area contributed by atoms with Gasteiger partial charge in [-0.2, -0.15) is 0 Å². The van der Waals surface area contributed by atoms with Crippen LogP contribution < -0.4 is 9.46 Å². The van der Waals surface area contributed by atoms with Crippen molar-refractivity contribution < 1.29 is 13.2 Å². The smallest absolute Gasteiger partial charge is 0.240 e. The molecule has 1 aliphatic rings. The van der Waals surface area contributed by atoms with E-state index >= 15 is 0 Å². The highest BCUT2D eigenvalue weighted by Gasteiger charge is 2.18. The molecule has 1 heterocycles. The monoisotopic (exact) mass is 398 g/mol. The van der Waals surface area contributed by atoms with Crippen LogP contribution in [0.25, 0.3) is 10.9 Å². The first-order valence-corrected chi connectivity index (χ1v) is 11.2. The van der Waals surface area contributed by atoms with Gasteiger partial charge >= 0.3 is 0 Å². The van der Waals surface area contributed by atoms with Crippen LogP contribution in [-0.2, 0) is 29.3 Å². The number of rotatable bonds is 6. The van der Waals surface area contributed by atoms with Crippen LogP contribution in [0, 0.1) is 6.92 Å². The number of hydrogen-bond donors (Lipinski definition) is 2. The van der Waals surface area contributed by atoms with Gasteiger partial charge in [-0.15, -0.1) is 0 Å². The van der Waals surface area contributed by atoms with E-state index in [1.165, 1.54) is 17.5 Å². The Morgan fingerprint density at radius 2 is 1.86 bits per heavy atom. The second-order valence-corrected chi connectivity index (χ2v) is 9.19. The van der Waals surface area contributed by atoms with Crippen LogP contribution in [0.15, 0.2) is 41.3 Å². The maximum atomic E-state index is 12.8. The number of ether oxygens (including phenoxy) is 1. The first-order valence-electron chi connectivity index (χ1n) is 9.74. The Hall–Kier alpha value is -2.31. The van der Waals surface area contributed by atoms with Gasteiger partial charge in [-0.3, -0.25) is 0 Å². The highest BCUT2D eigenvalue weighted by molar-refractivity contribution is 7.89. The summed E-state index contributed by atoms with van der Waals surface area (Å²) in [6.07, 6.45) is 4.95. The Balaban J connectivity index is 1.50. The number of aryl methyl sites for hydroxylation is 3. The summed E-state index contributed by atoms with van der Waals surface area (Å²) in [7, 11) is -1.86. The van der Waals surface area contributed by atoms with Crippen LogP contribution in [0.4, 0.5) is 0 Å². The van der Waals surface area contributed by atoms with Gasteiger partial charge in [0.2, 0.25) is 10.0 Å². The predicted molar refractivity (Wildman–Crippen MR) is 112 cm³/mol. The number of fused-ring (bicyclic) bond motifs is 2. The average Bonchev–Trinajstić information content (AvgIpc) is 3.02. The van der Waals surface area contributed by atoms with E-state index in [0.717, 1.165) is 47.2 Å². The van der Waals surface area contributed by atoms with E-state index in [0.29, 0.717) is 17.9 Å². The Labute approximate surface area is 166 Å². The van der Waals surface area contributed by atoms with E-state index in [1.54, 1.807) is 13.2 Å². The third-order valence-corrected chi connectivity index (χ3v) is 7.08. The topological polar surface area (TPSA) is 71.2 Å². The van der Waals surface area contributed by atoms with E-state index in [1.807, 2.05) is 37.3 Å². The molecule has 1 aromatic heterocycles. The van der Waals surface area contributed by atoms with Crippen molar-refractivity contribution in [2.75, 3.05) is 13.7 Å². The maximum Gasteiger partial charge on any atom is 0.240 e. The minimum Gasteiger partial charge on any atom is -0.497 e. The fraction of sp³-hybridized carbons (Fsp3) is 0.364. The van der Waals surface area contributed by atoms with E-state index in [2.05, 4.69) is 9.71 Å². The number of hydrogen-bond acceptors (Lipinski definition) is 3. The lowest BCUT2D eigenvalue weighted by Crippen LogP contribution is -2.26. The largest absolute Gasteiger partial charge is 0.497 e. The van der Waals surface area contributed by atoms with Crippen molar-refractivity contribution >= 4 is 20.9 Å². The van der Waals surface area contributed by atoms with Crippen LogP contribution in [0.2, 0.25) is 0 Å². The number of nitrogens with one attached hydrogen (secondary N) is 2. The van der Waals surface area contributed by atoms with Crippen molar-refractivity contribution in [1.29, 1.82) is 0 Å². The summed E-state index contributed by atoms with van der Waals surface area (Å²) in [6, 6.07) is 11.4. The van der Waals surface area contributed by atoms with E-state index in [4.69, 9.17) is 4.74 Å². The SMILES string of the molecule is COc1ccc2[nH]c(C)c(CCNS(=O)(=O)c3ccc4c(c3)CCCC4)c2c1. The van der Waals surface area contributed by atoms with Crippen LogP contribution in [-0.4, -0.2) is 27.1 Å². The fourth-order valence-electron chi connectivity index (χ4n) is 4.08. The third kappa shape index (κ3) is 3.66. The molecule has 2 aromatic carbocycles. The Morgan fingerprint density at radius 3 is 2.64 bits per heavy atom. The normalized spacial score (nSPS) is 14.2. The predicted octanol–water partition coefficient (Wildman–Crippen LogP) is 3.88. The average molecular weight is 399 g/mol. The van der Waals surface area contributed by atoms with Gasteiger partial charge in [0.1, 0.15) is 5.75 Å². The lowest BCUT2D eigenvalue weighted by Gasteiger charge is -2.16. The molecule has 1 aliphatic carbocycles. The molecule has 5 nitrogen and oxygen atoms in total. The van der Waals surface area contributed by atoms with Gasteiger partial charge in [0, 0.05) is 23.1 Å². The Bertz CT molecular complexity index is 1120. The second kappa shape index (κ2) is 7.60. The Kier molecular flexibility index (Phi) is 5.17. The van der Waals surface area contributed by atoms with Crippen LogP contribution in [0.3, 0.4) is 0 Å². The van der Waals surface area contributed by atoms with Gasteiger partial charge in [0.05, 0.1) is 12.0 Å². The summed E-state index contributed by atoms with van der Waals surface area (Å²) < 4.78 is 33.6. The minimum absolute atomic E-state index is 0.352. The highest BCUT2D eigenvalue weighted by Crippen LogP contribution is 2.27.